The Balaban J connectivity index is 1.81. The van der Waals surface area contributed by atoms with Gasteiger partial charge in [-0.3, -0.25) is 9.69 Å². The SMILES string of the molecule is COc1cc(OC)c(OC)cc1C=C1CN(Cc2ccccc2)CC(=Cc2cc(OC)c(OC)cc2OC)C1=O. The van der Waals surface area contributed by atoms with Gasteiger partial charge in [0.1, 0.15) is 11.5 Å². The molecule has 0 N–H and O–H groups in total. The number of carbonyl (C=O) groups is 1. The van der Waals surface area contributed by atoms with Crippen LogP contribution in [0.1, 0.15) is 16.7 Å². The molecule has 3 aromatic rings. The molecule has 3 aromatic carbocycles. The standard InChI is InChI=1S/C32H35NO7/c1-35-26-16-30(39-5)28(37-3)14-22(26)12-24-19-33(18-21-10-8-7-9-11-21)20-25(32(24)34)13-23-15-29(38-4)31(40-6)17-27(23)36-2/h7-17H,18-20H2,1-6H3. The van der Waals surface area contributed by atoms with Crippen molar-refractivity contribution in [3.8, 4) is 34.5 Å². The first-order valence-corrected chi connectivity index (χ1v) is 12.8. The van der Waals surface area contributed by atoms with Crippen molar-refractivity contribution in [3.05, 3.63) is 82.4 Å². The lowest BCUT2D eigenvalue weighted by Gasteiger charge is -2.30. The molecule has 0 amide bonds. The maximum Gasteiger partial charge on any atom is 0.187 e. The first kappa shape index (κ1) is 28.6. The lowest BCUT2D eigenvalue weighted by Crippen LogP contribution is -2.37. The van der Waals surface area contributed by atoms with Gasteiger partial charge in [-0.25, -0.2) is 0 Å². The Kier molecular flexibility index (Phi) is 9.35. The predicted octanol–water partition coefficient (Wildman–Crippen LogP) is 5.29. The van der Waals surface area contributed by atoms with Crippen molar-refractivity contribution in [2.75, 3.05) is 55.7 Å². The first-order valence-electron chi connectivity index (χ1n) is 12.8. The average molecular weight is 546 g/mol. The summed E-state index contributed by atoms with van der Waals surface area (Å²) in [4.78, 5) is 16.2. The Bertz CT molecular complexity index is 1330. The summed E-state index contributed by atoms with van der Waals surface area (Å²) in [7, 11) is 9.46. The molecule has 1 aliphatic rings. The number of likely N-dealkylation sites (tertiary alicyclic amines) is 1. The van der Waals surface area contributed by atoms with Crippen LogP contribution < -0.4 is 28.4 Å². The largest absolute Gasteiger partial charge is 0.496 e. The fourth-order valence-electron chi connectivity index (χ4n) is 4.77. The number of hydrogen-bond donors (Lipinski definition) is 0. The summed E-state index contributed by atoms with van der Waals surface area (Å²) in [5.74, 6) is 3.27. The van der Waals surface area contributed by atoms with E-state index in [-0.39, 0.29) is 5.78 Å². The van der Waals surface area contributed by atoms with Gasteiger partial charge in [-0.2, -0.15) is 0 Å². The molecule has 0 unspecified atom stereocenters. The Morgan fingerprint density at radius 3 is 1.40 bits per heavy atom. The van der Waals surface area contributed by atoms with Gasteiger partial charge in [-0.1, -0.05) is 30.3 Å². The number of rotatable bonds is 10. The zero-order valence-electron chi connectivity index (χ0n) is 23.8. The second kappa shape index (κ2) is 13.1. The van der Waals surface area contributed by atoms with Crippen LogP contribution in [0.2, 0.25) is 0 Å². The summed E-state index contributed by atoms with van der Waals surface area (Å²) in [5, 5.41) is 0. The monoisotopic (exact) mass is 545 g/mol. The zero-order valence-corrected chi connectivity index (χ0v) is 23.8. The topological polar surface area (TPSA) is 75.7 Å². The van der Waals surface area contributed by atoms with E-state index in [0.717, 1.165) is 5.56 Å². The van der Waals surface area contributed by atoms with Crippen LogP contribution in [0.3, 0.4) is 0 Å². The van der Waals surface area contributed by atoms with Crippen molar-refractivity contribution in [1.29, 1.82) is 0 Å². The molecule has 0 spiro atoms. The number of carbonyl (C=O) groups excluding carboxylic acids is 1. The zero-order chi connectivity index (χ0) is 28.6. The van der Waals surface area contributed by atoms with Crippen molar-refractivity contribution in [2.45, 2.75) is 6.54 Å². The maximum absolute atomic E-state index is 13.9. The van der Waals surface area contributed by atoms with Crippen molar-refractivity contribution in [3.63, 3.8) is 0 Å². The number of hydrogen-bond acceptors (Lipinski definition) is 8. The van der Waals surface area contributed by atoms with E-state index in [0.29, 0.717) is 76.4 Å². The summed E-state index contributed by atoms with van der Waals surface area (Å²) in [6.07, 6.45) is 3.72. The lowest BCUT2D eigenvalue weighted by molar-refractivity contribution is -0.113. The van der Waals surface area contributed by atoms with Gasteiger partial charge in [-0.15, -0.1) is 0 Å². The smallest absolute Gasteiger partial charge is 0.187 e. The molecular weight excluding hydrogens is 510 g/mol. The van der Waals surface area contributed by atoms with Gasteiger partial charge in [-0.05, 0) is 29.8 Å². The number of Topliss-reactive ketones (excluding diaryl/α,β-unsaturated/α-hetero) is 1. The number of ether oxygens (including phenoxy) is 6. The van der Waals surface area contributed by atoms with E-state index in [1.54, 1.807) is 54.8 Å². The summed E-state index contributed by atoms with van der Waals surface area (Å²) in [6.45, 7) is 1.60. The molecule has 210 valence electrons. The highest BCUT2D eigenvalue weighted by atomic mass is 16.5. The fourth-order valence-corrected chi connectivity index (χ4v) is 4.77. The highest BCUT2D eigenvalue weighted by molar-refractivity contribution is 6.15. The second-order valence-corrected chi connectivity index (χ2v) is 9.20. The van der Waals surface area contributed by atoms with E-state index >= 15 is 0 Å². The molecule has 0 bridgehead atoms. The van der Waals surface area contributed by atoms with Crippen molar-refractivity contribution in [2.24, 2.45) is 0 Å². The predicted molar refractivity (Wildman–Crippen MR) is 155 cm³/mol. The lowest BCUT2D eigenvalue weighted by atomic mass is 9.93. The highest BCUT2D eigenvalue weighted by Crippen LogP contribution is 2.38. The molecule has 0 aromatic heterocycles. The van der Waals surface area contributed by atoms with Crippen LogP contribution in [0.15, 0.2) is 65.7 Å². The summed E-state index contributed by atoms with van der Waals surface area (Å²) >= 11 is 0. The molecule has 1 aliphatic heterocycles. The van der Waals surface area contributed by atoms with Gasteiger partial charge in [0.2, 0.25) is 0 Å². The van der Waals surface area contributed by atoms with Gasteiger partial charge < -0.3 is 28.4 Å². The quantitative estimate of drug-likeness (QED) is 0.318. The van der Waals surface area contributed by atoms with Crippen molar-refractivity contribution >= 4 is 17.9 Å². The molecule has 0 radical (unpaired) electrons. The fraction of sp³-hybridized carbons (Fsp3) is 0.281. The molecule has 40 heavy (non-hydrogen) atoms. The minimum absolute atomic E-state index is 0.0574. The Morgan fingerprint density at radius 2 is 1.00 bits per heavy atom. The molecule has 1 heterocycles. The third-order valence-corrected chi connectivity index (χ3v) is 6.75. The van der Waals surface area contributed by atoms with Crippen LogP contribution in [0.4, 0.5) is 0 Å². The second-order valence-electron chi connectivity index (χ2n) is 9.20. The van der Waals surface area contributed by atoms with Crippen molar-refractivity contribution < 1.29 is 33.2 Å². The van der Waals surface area contributed by atoms with E-state index < -0.39 is 0 Å². The van der Waals surface area contributed by atoms with Gasteiger partial charge in [0.05, 0.1) is 42.7 Å². The number of piperidine rings is 1. The molecule has 4 rings (SSSR count). The van der Waals surface area contributed by atoms with Gasteiger partial charge in [0, 0.05) is 54.0 Å². The highest BCUT2D eigenvalue weighted by Gasteiger charge is 2.27. The minimum Gasteiger partial charge on any atom is -0.496 e. The molecule has 8 nitrogen and oxygen atoms in total. The van der Waals surface area contributed by atoms with Gasteiger partial charge >= 0.3 is 0 Å². The van der Waals surface area contributed by atoms with Crippen molar-refractivity contribution in [1.82, 2.24) is 4.90 Å². The number of methoxy groups -OCH3 is 6. The van der Waals surface area contributed by atoms with Crippen LogP contribution >= 0.6 is 0 Å². The molecule has 1 saturated heterocycles. The third kappa shape index (κ3) is 6.24. The first-order chi connectivity index (χ1) is 19.4. The number of benzene rings is 3. The van der Waals surface area contributed by atoms with Gasteiger partial charge in [0.15, 0.2) is 28.8 Å². The third-order valence-electron chi connectivity index (χ3n) is 6.75. The summed E-state index contributed by atoms with van der Waals surface area (Å²) in [5.41, 5.74) is 3.83. The minimum atomic E-state index is -0.0574. The molecular formula is C32H35NO7. The Labute approximate surface area is 235 Å². The van der Waals surface area contributed by atoms with E-state index in [1.807, 2.05) is 42.5 Å². The molecule has 0 atom stereocenters. The van der Waals surface area contributed by atoms with Crippen LogP contribution in [-0.4, -0.2) is 66.4 Å². The van der Waals surface area contributed by atoms with E-state index in [1.165, 1.54) is 0 Å². The normalized spacial score (nSPS) is 15.7. The molecule has 0 saturated carbocycles. The van der Waals surface area contributed by atoms with E-state index in [2.05, 4.69) is 17.0 Å². The summed E-state index contributed by atoms with van der Waals surface area (Å²) in [6, 6.07) is 17.3. The van der Waals surface area contributed by atoms with Crippen LogP contribution in [0.5, 0.6) is 34.5 Å². The van der Waals surface area contributed by atoms with E-state index in [4.69, 9.17) is 28.4 Å². The molecule has 0 aliphatic carbocycles. The van der Waals surface area contributed by atoms with E-state index in [9.17, 15) is 4.79 Å². The van der Waals surface area contributed by atoms with Crippen LogP contribution in [0.25, 0.3) is 12.2 Å². The molecule has 1 fully saturated rings. The van der Waals surface area contributed by atoms with Gasteiger partial charge in [0.25, 0.3) is 0 Å². The summed E-state index contributed by atoms with van der Waals surface area (Å²) < 4.78 is 33.1. The average Bonchev–Trinajstić information content (AvgIpc) is 2.99. The van der Waals surface area contributed by atoms with Crippen LogP contribution in [0, 0.1) is 0 Å². The molecule has 8 heteroatoms. The van der Waals surface area contributed by atoms with Crippen LogP contribution in [-0.2, 0) is 11.3 Å². The maximum atomic E-state index is 13.9. The number of nitrogens with zero attached hydrogens (tertiary/aromatic N) is 1. The Hall–Kier alpha value is -4.43. The number of ketones is 1. The Morgan fingerprint density at radius 1 is 0.600 bits per heavy atom.